The number of carbonyl (C=O) groups excluding carboxylic acids is 1. The van der Waals surface area contributed by atoms with Crippen LogP contribution in [0, 0.1) is 11.3 Å². The zero-order chi connectivity index (χ0) is 15.5. The number of benzene rings is 2. The van der Waals surface area contributed by atoms with Crippen molar-refractivity contribution in [1.29, 1.82) is 5.26 Å². The Kier molecular flexibility index (Phi) is 3.71. The van der Waals surface area contributed by atoms with E-state index in [9.17, 15) is 10.1 Å². The molecule has 0 saturated heterocycles. The van der Waals surface area contributed by atoms with E-state index in [1.54, 1.807) is 12.1 Å². The fraction of sp³-hybridized carbons (Fsp3) is 0.167. The van der Waals surface area contributed by atoms with Crippen LogP contribution in [0.25, 0.3) is 11.0 Å². The van der Waals surface area contributed by atoms with Crippen LogP contribution in [0.1, 0.15) is 34.6 Å². The van der Waals surface area contributed by atoms with Gasteiger partial charge >= 0.3 is 0 Å². The summed E-state index contributed by atoms with van der Waals surface area (Å²) in [5.41, 5.74) is 3.27. The first-order valence-electron chi connectivity index (χ1n) is 7.20. The molecule has 0 amide bonds. The number of para-hydroxylation sites is 2. The largest absolute Gasteiger partial charge is 0.340 e. The number of ketones is 1. The van der Waals surface area contributed by atoms with E-state index < -0.39 is 5.92 Å². The lowest BCUT2D eigenvalue weighted by atomic mass is 9.97. The Morgan fingerprint density at radius 1 is 1.23 bits per heavy atom. The first kappa shape index (κ1) is 14.0. The smallest absolute Gasteiger partial charge is 0.187 e. The molecule has 1 N–H and O–H groups in total. The minimum Gasteiger partial charge on any atom is -0.340 e. The standard InChI is InChI=1S/C18H15N3O/c1-2-12-7-9-13(10-8-12)17(22)14(11-19)18-20-15-5-3-4-6-16(15)21-18/h3-10,14H,2H2,1H3,(H,20,21)/t14-/m0/s1. The molecule has 3 rings (SSSR count). The summed E-state index contributed by atoms with van der Waals surface area (Å²) in [7, 11) is 0. The molecule has 1 atom stereocenters. The van der Waals surface area contributed by atoms with Gasteiger partial charge in [0, 0.05) is 5.56 Å². The summed E-state index contributed by atoms with van der Waals surface area (Å²) in [6.07, 6.45) is 0.916. The van der Waals surface area contributed by atoms with Gasteiger partial charge in [0.05, 0.1) is 17.1 Å². The predicted molar refractivity (Wildman–Crippen MR) is 84.6 cm³/mol. The molecule has 1 heterocycles. The normalized spacial score (nSPS) is 12.0. The zero-order valence-electron chi connectivity index (χ0n) is 12.2. The van der Waals surface area contributed by atoms with E-state index in [2.05, 4.69) is 23.0 Å². The van der Waals surface area contributed by atoms with E-state index in [-0.39, 0.29) is 5.78 Å². The van der Waals surface area contributed by atoms with Gasteiger partial charge in [-0.05, 0) is 24.1 Å². The molecule has 0 radical (unpaired) electrons. The fourth-order valence-electron chi connectivity index (χ4n) is 2.42. The number of H-pyrrole nitrogens is 1. The number of carbonyl (C=O) groups is 1. The van der Waals surface area contributed by atoms with Crippen LogP contribution in [0.5, 0.6) is 0 Å². The van der Waals surface area contributed by atoms with E-state index in [4.69, 9.17) is 0 Å². The number of nitriles is 1. The molecule has 2 aromatic carbocycles. The number of hydrogen-bond donors (Lipinski definition) is 1. The van der Waals surface area contributed by atoms with Crippen molar-refractivity contribution >= 4 is 16.8 Å². The fourth-order valence-corrected chi connectivity index (χ4v) is 2.42. The molecule has 0 spiro atoms. The van der Waals surface area contributed by atoms with Crippen molar-refractivity contribution in [2.75, 3.05) is 0 Å². The van der Waals surface area contributed by atoms with Gasteiger partial charge in [0.25, 0.3) is 0 Å². The second-order valence-corrected chi connectivity index (χ2v) is 5.12. The Morgan fingerprint density at radius 2 is 1.95 bits per heavy atom. The molecule has 1 aromatic heterocycles. The van der Waals surface area contributed by atoms with E-state index in [0.29, 0.717) is 11.4 Å². The second-order valence-electron chi connectivity index (χ2n) is 5.12. The van der Waals surface area contributed by atoms with Gasteiger partial charge in [-0.3, -0.25) is 4.79 Å². The van der Waals surface area contributed by atoms with Gasteiger partial charge in [-0.1, -0.05) is 43.3 Å². The molecule has 4 heteroatoms. The molecule has 22 heavy (non-hydrogen) atoms. The number of rotatable bonds is 4. The molecule has 108 valence electrons. The van der Waals surface area contributed by atoms with Crippen LogP contribution in [0.3, 0.4) is 0 Å². The average Bonchev–Trinajstić information content (AvgIpc) is 2.99. The van der Waals surface area contributed by atoms with Crippen LogP contribution in [-0.4, -0.2) is 15.8 Å². The number of hydrogen-bond acceptors (Lipinski definition) is 3. The monoisotopic (exact) mass is 289 g/mol. The van der Waals surface area contributed by atoms with Crippen LogP contribution in [0.2, 0.25) is 0 Å². The molecule has 0 fully saturated rings. The average molecular weight is 289 g/mol. The topological polar surface area (TPSA) is 69.5 Å². The maximum atomic E-state index is 12.6. The van der Waals surface area contributed by atoms with Gasteiger partial charge in [-0.25, -0.2) is 4.98 Å². The van der Waals surface area contributed by atoms with Gasteiger partial charge < -0.3 is 4.98 Å². The second kappa shape index (κ2) is 5.82. The molecule has 0 aliphatic heterocycles. The van der Waals surface area contributed by atoms with Crippen molar-refractivity contribution in [3.8, 4) is 6.07 Å². The summed E-state index contributed by atoms with van der Waals surface area (Å²) in [6, 6.07) is 16.9. The van der Waals surface area contributed by atoms with E-state index in [0.717, 1.165) is 23.0 Å². The number of aromatic nitrogens is 2. The summed E-state index contributed by atoms with van der Waals surface area (Å²) in [5, 5.41) is 9.41. The third kappa shape index (κ3) is 2.49. The van der Waals surface area contributed by atoms with E-state index >= 15 is 0 Å². The van der Waals surface area contributed by atoms with E-state index in [1.807, 2.05) is 36.4 Å². The Bertz CT molecular complexity index is 823. The number of nitrogens with zero attached hydrogens (tertiary/aromatic N) is 2. The van der Waals surface area contributed by atoms with Gasteiger partial charge in [0.1, 0.15) is 5.82 Å². The Labute approximate surface area is 128 Å². The van der Waals surface area contributed by atoms with Crippen LogP contribution < -0.4 is 0 Å². The summed E-state index contributed by atoms with van der Waals surface area (Å²) in [4.78, 5) is 20.0. The quantitative estimate of drug-likeness (QED) is 0.746. The summed E-state index contributed by atoms with van der Waals surface area (Å²) >= 11 is 0. The van der Waals surface area contributed by atoms with Crippen molar-refractivity contribution in [1.82, 2.24) is 9.97 Å². The first-order chi connectivity index (χ1) is 10.7. The Balaban J connectivity index is 1.95. The highest BCUT2D eigenvalue weighted by Gasteiger charge is 2.24. The van der Waals surface area contributed by atoms with Crippen molar-refractivity contribution in [3.05, 3.63) is 65.5 Å². The minimum absolute atomic E-state index is 0.232. The molecule has 3 aromatic rings. The van der Waals surface area contributed by atoms with Crippen LogP contribution in [0.15, 0.2) is 48.5 Å². The predicted octanol–water partition coefficient (Wildman–Crippen LogP) is 3.62. The molecule has 4 nitrogen and oxygen atoms in total. The van der Waals surface area contributed by atoms with Gasteiger partial charge in [0.2, 0.25) is 0 Å². The number of nitrogens with one attached hydrogen (secondary N) is 1. The molecular weight excluding hydrogens is 274 g/mol. The minimum atomic E-state index is -0.917. The van der Waals surface area contributed by atoms with E-state index in [1.165, 1.54) is 0 Å². The molecule has 0 saturated carbocycles. The number of fused-ring (bicyclic) bond motifs is 1. The number of Topliss-reactive ketones (excluding diaryl/α,β-unsaturated/α-hetero) is 1. The summed E-state index contributed by atoms with van der Waals surface area (Å²) in [6.45, 7) is 2.06. The molecule has 0 unspecified atom stereocenters. The van der Waals surface area contributed by atoms with Crippen molar-refractivity contribution in [2.24, 2.45) is 0 Å². The highest BCUT2D eigenvalue weighted by Crippen LogP contribution is 2.21. The maximum Gasteiger partial charge on any atom is 0.187 e. The molecule has 0 aliphatic rings. The highest BCUT2D eigenvalue weighted by molar-refractivity contribution is 6.02. The lowest BCUT2D eigenvalue weighted by Crippen LogP contribution is -2.12. The molecular formula is C18H15N3O. The van der Waals surface area contributed by atoms with Crippen LogP contribution >= 0.6 is 0 Å². The van der Waals surface area contributed by atoms with Crippen molar-refractivity contribution in [3.63, 3.8) is 0 Å². The lowest BCUT2D eigenvalue weighted by Gasteiger charge is -2.06. The van der Waals surface area contributed by atoms with Gasteiger partial charge in [0.15, 0.2) is 11.7 Å². The zero-order valence-corrected chi connectivity index (χ0v) is 12.2. The molecule has 0 bridgehead atoms. The highest BCUT2D eigenvalue weighted by atomic mass is 16.1. The summed E-state index contributed by atoms with van der Waals surface area (Å²) < 4.78 is 0. The SMILES string of the molecule is CCc1ccc(C(=O)[C@H](C#N)c2nc3ccccc3[nH]2)cc1. The Morgan fingerprint density at radius 3 is 2.59 bits per heavy atom. The third-order valence-electron chi connectivity index (χ3n) is 3.72. The summed E-state index contributed by atoms with van der Waals surface area (Å²) in [5.74, 6) is -0.752. The number of aromatic amines is 1. The van der Waals surface area contributed by atoms with Crippen LogP contribution in [-0.2, 0) is 6.42 Å². The van der Waals surface area contributed by atoms with Crippen molar-refractivity contribution < 1.29 is 4.79 Å². The van der Waals surface area contributed by atoms with Gasteiger partial charge in [-0.15, -0.1) is 0 Å². The first-order valence-corrected chi connectivity index (χ1v) is 7.20. The van der Waals surface area contributed by atoms with Crippen molar-refractivity contribution in [2.45, 2.75) is 19.3 Å². The lowest BCUT2D eigenvalue weighted by molar-refractivity contribution is 0.0976. The third-order valence-corrected chi connectivity index (χ3v) is 3.72. The number of imidazole rings is 1. The molecule has 0 aliphatic carbocycles. The number of aryl methyl sites for hydroxylation is 1. The Hall–Kier alpha value is -2.93. The maximum absolute atomic E-state index is 12.6. The van der Waals surface area contributed by atoms with Crippen LogP contribution in [0.4, 0.5) is 0 Å². The van der Waals surface area contributed by atoms with Gasteiger partial charge in [-0.2, -0.15) is 5.26 Å².